The van der Waals surface area contributed by atoms with Gasteiger partial charge in [-0.05, 0) is 111 Å². The number of fused-ring (bicyclic) bond motifs is 5. The molecular weight excluding hydrogens is 363 g/mol. The highest BCUT2D eigenvalue weighted by atomic mass is 15.2. The summed E-state index contributed by atoms with van der Waals surface area (Å²) in [6, 6.07) is 0.618. The summed E-state index contributed by atoms with van der Waals surface area (Å²) in [7, 11) is 2.62. The highest BCUT2D eigenvalue weighted by Gasteiger charge is 2.62. The SMILES string of the molecule is C=C1CC2CCC3C(CC[C@@]4(C)C3CCC4(C)C)[C@@]2(C)CC1[B]N1CCNCC1C. The smallest absolute Gasteiger partial charge is 0.216 e. The molecule has 5 fully saturated rings. The van der Waals surface area contributed by atoms with Gasteiger partial charge >= 0.3 is 0 Å². The fraction of sp³-hybridized carbons (Fsp3) is 0.926. The van der Waals surface area contributed by atoms with Gasteiger partial charge in [-0.15, -0.1) is 6.58 Å². The van der Waals surface area contributed by atoms with E-state index in [2.05, 4.69) is 58.7 Å². The molecular formula is C27H46BN2. The van der Waals surface area contributed by atoms with E-state index in [9.17, 15) is 0 Å². The highest BCUT2D eigenvalue weighted by Crippen LogP contribution is 2.71. The van der Waals surface area contributed by atoms with Crippen molar-refractivity contribution in [2.45, 2.75) is 97.8 Å². The molecule has 1 heterocycles. The van der Waals surface area contributed by atoms with Crippen LogP contribution in [-0.4, -0.2) is 37.9 Å². The van der Waals surface area contributed by atoms with E-state index < -0.39 is 0 Å². The summed E-state index contributed by atoms with van der Waals surface area (Å²) in [5.74, 6) is 4.39. The Hall–Kier alpha value is -0.275. The van der Waals surface area contributed by atoms with Gasteiger partial charge in [0.1, 0.15) is 0 Å². The Morgan fingerprint density at radius 3 is 2.57 bits per heavy atom. The summed E-state index contributed by atoms with van der Waals surface area (Å²) in [4.78, 5) is 2.63. The lowest BCUT2D eigenvalue weighted by Gasteiger charge is -2.62. The number of nitrogens with one attached hydrogen (secondary N) is 1. The zero-order valence-electron chi connectivity index (χ0n) is 20.5. The van der Waals surface area contributed by atoms with Gasteiger partial charge in [0, 0.05) is 19.1 Å². The Labute approximate surface area is 187 Å². The van der Waals surface area contributed by atoms with Crippen molar-refractivity contribution in [3.8, 4) is 0 Å². The van der Waals surface area contributed by atoms with Crippen molar-refractivity contribution in [2.75, 3.05) is 19.6 Å². The summed E-state index contributed by atoms with van der Waals surface area (Å²) >= 11 is 0. The fourth-order valence-corrected chi connectivity index (χ4v) is 9.24. The summed E-state index contributed by atoms with van der Waals surface area (Å²) in [5, 5.41) is 3.55. The van der Waals surface area contributed by atoms with Gasteiger partial charge in [-0.3, -0.25) is 0 Å². The molecule has 0 amide bonds. The van der Waals surface area contributed by atoms with Crippen LogP contribution in [0.4, 0.5) is 0 Å². The van der Waals surface area contributed by atoms with E-state index >= 15 is 0 Å². The average Bonchev–Trinajstić information content (AvgIpc) is 2.94. The second-order valence-electron chi connectivity index (χ2n) is 13.1. The Bertz CT molecular complexity index is 688. The van der Waals surface area contributed by atoms with Crippen LogP contribution in [0.25, 0.3) is 0 Å². The van der Waals surface area contributed by atoms with Crippen LogP contribution >= 0.6 is 0 Å². The molecule has 5 rings (SSSR count). The van der Waals surface area contributed by atoms with Crippen molar-refractivity contribution < 1.29 is 0 Å². The molecule has 167 valence electrons. The Morgan fingerprint density at radius 2 is 1.80 bits per heavy atom. The molecule has 6 unspecified atom stereocenters. The first-order valence-electron chi connectivity index (χ1n) is 13.1. The summed E-state index contributed by atoms with van der Waals surface area (Å²) in [6.45, 7) is 20.9. The Morgan fingerprint density at radius 1 is 1.03 bits per heavy atom. The van der Waals surface area contributed by atoms with Gasteiger partial charge < -0.3 is 10.1 Å². The van der Waals surface area contributed by atoms with Crippen LogP contribution in [0.2, 0.25) is 5.82 Å². The van der Waals surface area contributed by atoms with Crippen LogP contribution in [0.15, 0.2) is 12.2 Å². The van der Waals surface area contributed by atoms with E-state index in [0.717, 1.165) is 43.3 Å². The lowest BCUT2D eigenvalue weighted by atomic mass is 9.41. The maximum atomic E-state index is 4.62. The van der Waals surface area contributed by atoms with Gasteiger partial charge in [-0.2, -0.15) is 0 Å². The van der Waals surface area contributed by atoms with Crippen molar-refractivity contribution in [1.82, 2.24) is 10.1 Å². The molecule has 0 bridgehead atoms. The maximum Gasteiger partial charge on any atom is 0.216 e. The van der Waals surface area contributed by atoms with Gasteiger partial charge in [0.25, 0.3) is 0 Å². The van der Waals surface area contributed by atoms with E-state index in [4.69, 9.17) is 0 Å². The van der Waals surface area contributed by atoms with Gasteiger partial charge in [0.15, 0.2) is 0 Å². The molecule has 4 aliphatic carbocycles. The molecule has 30 heavy (non-hydrogen) atoms. The predicted octanol–water partition coefficient (Wildman–Crippen LogP) is 5.92. The molecule has 4 saturated carbocycles. The van der Waals surface area contributed by atoms with Gasteiger partial charge in [-0.1, -0.05) is 33.3 Å². The molecule has 0 aromatic carbocycles. The van der Waals surface area contributed by atoms with Crippen LogP contribution in [0, 0.1) is 39.9 Å². The quantitative estimate of drug-likeness (QED) is 0.450. The molecule has 2 nitrogen and oxygen atoms in total. The zero-order valence-corrected chi connectivity index (χ0v) is 20.5. The minimum atomic E-state index is 0.524. The number of rotatable bonds is 2. The topological polar surface area (TPSA) is 15.3 Å². The monoisotopic (exact) mass is 409 g/mol. The minimum Gasteiger partial charge on any atom is -0.341 e. The van der Waals surface area contributed by atoms with E-state index in [1.807, 2.05) is 0 Å². The number of nitrogens with zero attached hydrogens (tertiary/aromatic N) is 1. The lowest BCUT2D eigenvalue weighted by molar-refractivity contribution is -0.115. The second-order valence-corrected chi connectivity index (χ2v) is 13.1. The minimum absolute atomic E-state index is 0.524. The molecule has 1 saturated heterocycles. The first-order chi connectivity index (χ1) is 14.2. The molecule has 0 spiro atoms. The molecule has 0 aromatic rings. The third-order valence-corrected chi connectivity index (χ3v) is 11.7. The Balaban J connectivity index is 1.37. The number of piperazine rings is 1. The number of hydrogen-bond donors (Lipinski definition) is 1. The Kier molecular flexibility index (Phi) is 5.30. The average molecular weight is 409 g/mol. The van der Waals surface area contributed by atoms with E-state index in [1.54, 1.807) is 0 Å². The van der Waals surface area contributed by atoms with E-state index in [1.165, 1.54) is 56.9 Å². The molecule has 3 heteroatoms. The van der Waals surface area contributed by atoms with Crippen molar-refractivity contribution in [3.63, 3.8) is 0 Å². The summed E-state index contributed by atoms with van der Waals surface area (Å²) in [6.07, 6.45) is 11.5. The third kappa shape index (κ3) is 3.12. The van der Waals surface area contributed by atoms with E-state index in [0.29, 0.717) is 28.1 Å². The van der Waals surface area contributed by atoms with Crippen molar-refractivity contribution in [3.05, 3.63) is 12.2 Å². The molecule has 5 aliphatic rings. The van der Waals surface area contributed by atoms with E-state index in [-0.39, 0.29) is 0 Å². The standard InChI is InChI=1S/C27H46BN2/c1-18-15-20-7-8-21-22(10-12-27(6)23(21)9-11-25(27,3)4)26(20,5)16-24(18)28-30-14-13-29-17-19(30)2/h19-24,29H,1,7-17H2,2-6H3/t19?,20?,21?,22?,23?,24?,26-,27-/m0/s1. The van der Waals surface area contributed by atoms with Crippen molar-refractivity contribution in [2.24, 2.45) is 39.9 Å². The van der Waals surface area contributed by atoms with Crippen LogP contribution < -0.4 is 5.32 Å². The summed E-state index contributed by atoms with van der Waals surface area (Å²) in [5.41, 5.74) is 3.17. The molecule has 1 radical (unpaired) electrons. The van der Waals surface area contributed by atoms with Crippen molar-refractivity contribution >= 4 is 7.41 Å². The number of allylic oxidation sites excluding steroid dienone is 1. The van der Waals surface area contributed by atoms with Crippen LogP contribution in [-0.2, 0) is 0 Å². The van der Waals surface area contributed by atoms with Crippen LogP contribution in [0.5, 0.6) is 0 Å². The normalized spacial score (nSPS) is 51.0. The largest absolute Gasteiger partial charge is 0.341 e. The van der Waals surface area contributed by atoms with Gasteiger partial charge in [-0.25, -0.2) is 0 Å². The molecule has 1 N–H and O–H groups in total. The predicted molar refractivity (Wildman–Crippen MR) is 129 cm³/mol. The second kappa shape index (κ2) is 7.37. The van der Waals surface area contributed by atoms with Gasteiger partial charge in [0.2, 0.25) is 7.41 Å². The van der Waals surface area contributed by atoms with Crippen molar-refractivity contribution in [1.29, 1.82) is 0 Å². The van der Waals surface area contributed by atoms with Crippen LogP contribution in [0.3, 0.4) is 0 Å². The first-order valence-corrected chi connectivity index (χ1v) is 13.1. The fourth-order valence-electron chi connectivity index (χ4n) is 9.24. The molecule has 8 atom stereocenters. The van der Waals surface area contributed by atoms with Gasteiger partial charge in [0.05, 0.1) is 0 Å². The molecule has 0 aromatic heterocycles. The maximum absolute atomic E-state index is 4.62. The summed E-state index contributed by atoms with van der Waals surface area (Å²) < 4.78 is 0. The lowest BCUT2D eigenvalue weighted by Crippen LogP contribution is -2.56. The van der Waals surface area contributed by atoms with Crippen LogP contribution in [0.1, 0.15) is 86.0 Å². The third-order valence-electron chi connectivity index (χ3n) is 11.7. The number of hydrogen-bond acceptors (Lipinski definition) is 2. The zero-order chi connectivity index (χ0) is 21.3. The highest BCUT2D eigenvalue weighted by molar-refractivity contribution is 6.35. The first kappa shape index (κ1) is 21.6. The molecule has 1 aliphatic heterocycles.